The predicted molar refractivity (Wildman–Crippen MR) is 111 cm³/mol. The fourth-order valence-corrected chi connectivity index (χ4v) is 3.34. The summed E-state index contributed by atoms with van der Waals surface area (Å²) in [5.41, 5.74) is 1.98. The van der Waals surface area contributed by atoms with Crippen molar-refractivity contribution < 1.29 is 14.6 Å². The fourth-order valence-electron chi connectivity index (χ4n) is 3.34. The topological polar surface area (TPSA) is 73.6 Å². The number of piperidine rings is 1. The van der Waals surface area contributed by atoms with Crippen LogP contribution in [0, 0.1) is 17.2 Å². The molecule has 1 aliphatic heterocycles. The SMILES string of the molecule is CC(CO)COC(=O)/C(C#N)=C/c1ccc2cc(N3CCCCC3)ccc2c1. The van der Waals surface area contributed by atoms with E-state index in [0.717, 1.165) is 29.4 Å². The van der Waals surface area contributed by atoms with Crippen LogP contribution in [0.25, 0.3) is 16.8 Å². The van der Waals surface area contributed by atoms with Crippen molar-refractivity contribution in [2.45, 2.75) is 26.2 Å². The number of esters is 1. The normalized spacial score (nSPS) is 15.9. The van der Waals surface area contributed by atoms with Gasteiger partial charge in [0, 0.05) is 31.3 Å². The molecule has 3 rings (SSSR count). The number of carbonyl (C=O) groups is 1. The first-order valence-electron chi connectivity index (χ1n) is 9.79. The maximum absolute atomic E-state index is 12.1. The Balaban J connectivity index is 1.78. The van der Waals surface area contributed by atoms with E-state index in [-0.39, 0.29) is 24.7 Å². The second-order valence-electron chi connectivity index (χ2n) is 7.39. The van der Waals surface area contributed by atoms with Gasteiger partial charge in [-0.1, -0.05) is 25.1 Å². The molecule has 0 radical (unpaired) electrons. The summed E-state index contributed by atoms with van der Waals surface area (Å²) in [5, 5.41) is 20.5. The van der Waals surface area contributed by atoms with Crippen molar-refractivity contribution >= 4 is 28.5 Å². The standard InChI is InChI=1S/C23H26N2O3/c1-17(15-26)16-28-23(27)21(14-24)12-18-5-6-20-13-22(8-7-19(20)11-18)25-9-3-2-4-10-25/h5-8,11-13,17,26H,2-4,9-10,15-16H2,1H3/b21-12+. The number of anilines is 1. The molecule has 1 heterocycles. The van der Waals surface area contributed by atoms with Crippen LogP contribution >= 0.6 is 0 Å². The number of rotatable bonds is 6. The first-order chi connectivity index (χ1) is 13.6. The van der Waals surface area contributed by atoms with Gasteiger partial charge in [-0.2, -0.15) is 5.26 Å². The van der Waals surface area contributed by atoms with Gasteiger partial charge in [0.1, 0.15) is 11.6 Å². The number of ether oxygens (including phenoxy) is 1. The third kappa shape index (κ3) is 4.90. The second-order valence-corrected chi connectivity index (χ2v) is 7.39. The number of nitriles is 1. The monoisotopic (exact) mass is 378 g/mol. The number of aliphatic hydroxyl groups excluding tert-OH is 1. The van der Waals surface area contributed by atoms with E-state index in [1.54, 1.807) is 13.0 Å². The molecule has 2 aromatic carbocycles. The Morgan fingerprint density at radius 1 is 1.21 bits per heavy atom. The van der Waals surface area contributed by atoms with E-state index in [2.05, 4.69) is 23.1 Å². The van der Waals surface area contributed by atoms with Gasteiger partial charge < -0.3 is 14.7 Å². The Labute approximate surface area is 165 Å². The molecule has 0 bridgehead atoms. The zero-order valence-electron chi connectivity index (χ0n) is 16.2. The lowest BCUT2D eigenvalue weighted by Crippen LogP contribution is -2.29. The molecule has 5 nitrogen and oxygen atoms in total. The van der Waals surface area contributed by atoms with Crippen molar-refractivity contribution in [1.82, 2.24) is 0 Å². The van der Waals surface area contributed by atoms with Crippen molar-refractivity contribution in [2.75, 3.05) is 31.2 Å². The van der Waals surface area contributed by atoms with Crippen LogP contribution in [-0.4, -0.2) is 37.4 Å². The van der Waals surface area contributed by atoms with Crippen LogP contribution in [0.15, 0.2) is 42.0 Å². The summed E-state index contributed by atoms with van der Waals surface area (Å²) in [7, 11) is 0. The molecule has 0 saturated carbocycles. The Morgan fingerprint density at radius 3 is 2.64 bits per heavy atom. The summed E-state index contributed by atoms with van der Waals surface area (Å²) >= 11 is 0. The first kappa shape index (κ1) is 19.9. The Bertz CT molecular complexity index is 908. The highest BCUT2D eigenvalue weighted by molar-refractivity contribution is 5.98. The maximum atomic E-state index is 12.1. The number of hydrogen-bond donors (Lipinski definition) is 1. The fraction of sp³-hybridized carbons (Fsp3) is 0.391. The van der Waals surface area contributed by atoms with Crippen molar-refractivity contribution in [3.63, 3.8) is 0 Å². The van der Waals surface area contributed by atoms with Crippen molar-refractivity contribution in [3.8, 4) is 6.07 Å². The molecule has 1 atom stereocenters. The molecule has 1 N–H and O–H groups in total. The summed E-state index contributed by atoms with van der Waals surface area (Å²) in [6.45, 7) is 4.00. The Morgan fingerprint density at radius 2 is 1.93 bits per heavy atom. The minimum absolute atomic E-state index is 0.0468. The van der Waals surface area contributed by atoms with Crippen LogP contribution in [0.1, 0.15) is 31.7 Å². The Kier molecular flexibility index (Phi) is 6.67. The lowest BCUT2D eigenvalue weighted by atomic mass is 10.0. The highest BCUT2D eigenvalue weighted by atomic mass is 16.5. The largest absolute Gasteiger partial charge is 0.461 e. The summed E-state index contributed by atoms with van der Waals surface area (Å²) in [5.74, 6) is -0.818. The van der Waals surface area contributed by atoms with E-state index >= 15 is 0 Å². The van der Waals surface area contributed by atoms with Crippen LogP contribution in [0.5, 0.6) is 0 Å². The number of benzene rings is 2. The number of nitrogens with zero attached hydrogens (tertiary/aromatic N) is 2. The average Bonchev–Trinajstić information content (AvgIpc) is 2.75. The molecule has 0 aromatic heterocycles. The van der Waals surface area contributed by atoms with Gasteiger partial charge in [0.2, 0.25) is 0 Å². The molecular weight excluding hydrogens is 352 g/mol. The van der Waals surface area contributed by atoms with Gasteiger partial charge in [-0.15, -0.1) is 0 Å². The molecule has 28 heavy (non-hydrogen) atoms. The molecule has 5 heteroatoms. The predicted octanol–water partition coefficient (Wildman–Crippen LogP) is 3.91. The summed E-state index contributed by atoms with van der Waals surface area (Å²) in [4.78, 5) is 14.5. The lowest BCUT2D eigenvalue weighted by Gasteiger charge is -2.29. The molecule has 1 saturated heterocycles. The van der Waals surface area contributed by atoms with Crippen LogP contribution in [0.2, 0.25) is 0 Å². The molecule has 1 unspecified atom stereocenters. The highest BCUT2D eigenvalue weighted by Crippen LogP contribution is 2.26. The van der Waals surface area contributed by atoms with Gasteiger partial charge in [0.15, 0.2) is 0 Å². The molecule has 146 valence electrons. The van der Waals surface area contributed by atoms with Crippen molar-refractivity contribution in [1.29, 1.82) is 5.26 Å². The molecule has 1 fully saturated rings. The van der Waals surface area contributed by atoms with E-state index < -0.39 is 5.97 Å². The van der Waals surface area contributed by atoms with Gasteiger partial charge in [-0.25, -0.2) is 4.79 Å². The van der Waals surface area contributed by atoms with Crippen molar-refractivity contribution in [3.05, 3.63) is 47.5 Å². The lowest BCUT2D eigenvalue weighted by molar-refractivity contribution is -0.139. The van der Waals surface area contributed by atoms with Gasteiger partial charge >= 0.3 is 5.97 Å². The number of carbonyl (C=O) groups excluding carboxylic acids is 1. The summed E-state index contributed by atoms with van der Waals surface area (Å²) in [6.07, 6.45) is 5.34. The minimum Gasteiger partial charge on any atom is -0.461 e. The number of fused-ring (bicyclic) bond motifs is 1. The van der Waals surface area contributed by atoms with E-state index in [1.165, 1.54) is 24.9 Å². The molecular formula is C23H26N2O3. The smallest absolute Gasteiger partial charge is 0.348 e. The molecule has 0 spiro atoms. The second kappa shape index (κ2) is 9.38. The van der Waals surface area contributed by atoms with Crippen LogP contribution < -0.4 is 4.90 Å². The van der Waals surface area contributed by atoms with Crippen LogP contribution in [-0.2, 0) is 9.53 Å². The highest BCUT2D eigenvalue weighted by Gasteiger charge is 2.13. The molecule has 0 aliphatic carbocycles. The van der Waals surface area contributed by atoms with Gasteiger partial charge in [0.05, 0.1) is 6.61 Å². The summed E-state index contributed by atoms with van der Waals surface area (Å²) < 4.78 is 5.10. The zero-order valence-corrected chi connectivity index (χ0v) is 16.2. The van der Waals surface area contributed by atoms with E-state index in [1.807, 2.05) is 24.3 Å². The van der Waals surface area contributed by atoms with Gasteiger partial charge in [0.25, 0.3) is 0 Å². The zero-order chi connectivity index (χ0) is 19.9. The van der Waals surface area contributed by atoms with E-state index in [4.69, 9.17) is 9.84 Å². The first-order valence-corrected chi connectivity index (χ1v) is 9.79. The molecule has 1 aliphatic rings. The Hall–Kier alpha value is -2.84. The van der Waals surface area contributed by atoms with E-state index in [0.29, 0.717) is 0 Å². The molecule has 0 amide bonds. The van der Waals surface area contributed by atoms with Crippen LogP contribution in [0.3, 0.4) is 0 Å². The van der Waals surface area contributed by atoms with Gasteiger partial charge in [-0.05, 0) is 59.9 Å². The van der Waals surface area contributed by atoms with Crippen molar-refractivity contribution in [2.24, 2.45) is 5.92 Å². The maximum Gasteiger partial charge on any atom is 0.348 e. The third-order valence-electron chi connectivity index (χ3n) is 5.03. The summed E-state index contributed by atoms with van der Waals surface area (Å²) in [6, 6.07) is 14.2. The van der Waals surface area contributed by atoms with Gasteiger partial charge in [-0.3, -0.25) is 0 Å². The molecule has 2 aromatic rings. The van der Waals surface area contributed by atoms with E-state index in [9.17, 15) is 10.1 Å². The quantitative estimate of drug-likeness (QED) is 0.469. The number of hydrogen-bond acceptors (Lipinski definition) is 5. The number of aliphatic hydroxyl groups is 1. The minimum atomic E-state index is -0.664. The van der Waals surface area contributed by atoms with Crippen LogP contribution in [0.4, 0.5) is 5.69 Å². The average molecular weight is 378 g/mol. The third-order valence-corrected chi connectivity index (χ3v) is 5.03.